The molecule has 1 saturated heterocycles. The second-order valence-electron chi connectivity index (χ2n) is 8.22. The fraction of sp³-hybridized carbons (Fsp3) is 0.478. The van der Waals surface area contributed by atoms with Crippen molar-refractivity contribution in [3.63, 3.8) is 0 Å². The number of ketones is 1. The van der Waals surface area contributed by atoms with Gasteiger partial charge in [-0.15, -0.1) is 0 Å². The molecule has 0 amide bonds. The van der Waals surface area contributed by atoms with Crippen LogP contribution in [-0.4, -0.2) is 54.9 Å². The van der Waals surface area contributed by atoms with Crippen LogP contribution in [0, 0.1) is 11.3 Å². The van der Waals surface area contributed by atoms with Crippen LogP contribution in [0.4, 0.5) is 0 Å². The van der Waals surface area contributed by atoms with Gasteiger partial charge < -0.3 is 14.5 Å². The van der Waals surface area contributed by atoms with Gasteiger partial charge in [0.15, 0.2) is 0 Å². The van der Waals surface area contributed by atoms with E-state index in [1.807, 2.05) is 24.3 Å². The summed E-state index contributed by atoms with van der Waals surface area (Å²) in [5.74, 6) is 0.430. The third-order valence-corrected chi connectivity index (χ3v) is 5.74. The van der Waals surface area contributed by atoms with Crippen molar-refractivity contribution >= 4 is 23.5 Å². The SMILES string of the molecule is CC(C)N1CCC(Oc2cc3c(cc2Cl)CC(C(=O)C(C#N)=CN(C)C)=C3)CC1. The van der Waals surface area contributed by atoms with E-state index in [9.17, 15) is 10.1 Å². The molecular weight excluding hydrogens is 386 g/mol. The van der Waals surface area contributed by atoms with E-state index in [-0.39, 0.29) is 17.5 Å². The zero-order chi connectivity index (χ0) is 21.1. The highest BCUT2D eigenvalue weighted by atomic mass is 35.5. The van der Waals surface area contributed by atoms with Gasteiger partial charge in [0.1, 0.15) is 23.5 Å². The molecule has 0 radical (unpaired) electrons. The number of Topliss-reactive ketones (excluding diaryl/α,β-unsaturated/α-hetero) is 1. The van der Waals surface area contributed by atoms with Crippen LogP contribution in [0.2, 0.25) is 5.02 Å². The normalized spacial score (nSPS) is 17.7. The van der Waals surface area contributed by atoms with E-state index in [4.69, 9.17) is 16.3 Å². The minimum absolute atomic E-state index is 0.133. The number of carbonyl (C=O) groups excluding carboxylic acids is 1. The molecule has 29 heavy (non-hydrogen) atoms. The highest BCUT2D eigenvalue weighted by Gasteiger charge is 2.26. The maximum Gasteiger partial charge on any atom is 0.201 e. The first-order valence-electron chi connectivity index (χ1n) is 10.0. The van der Waals surface area contributed by atoms with Crippen molar-refractivity contribution in [1.29, 1.82) is 5.26 Å². The molecule has 1 aliphatic carbocycles. The Morgan fingerprint density at radius 3 is 2.62 bits per heavy atom. The minimum atomic E-state index is -0.239. The van der Waals surface area contributed by atoms with Crippen LogP contribution < -0.4 is 4.74 Å². The second-order valence-corrected chi connectivity index (χ2v) is 8.63. The van der Waals surface area contributed by atoms with Gasteiger partial charge in [-0.3, -0.25) is 4.79 Å². The average Bonchev–Trinajstić information content (AvgIpc) is 3.08. The maximum atomic E-state index is 12.7. The van der Waals surface area contributed by atoms with Crippen LogP contribution in [0.1, 0.15) is 37.8 Å². The Hall–Kier alpha value is -2.29. The summed E-state index contributed by atoms with van der Waals surface area (Å²) in [4.78, 5) is 16.9. The Balaban J connectivity index is 1.73. The van der Waals surface area contributed by atoms with E-state index in [2.05, 4.69) is 18.7 Å². The summed E-state index contributed by atoms with van der Waals surface area (Å²) in [5.41, 5.74) is 2.67. The number of rotatable bonds is 6. The lowest BCUT2D eigenvalue weighted by Crippen LogP contribution is -2.41. The maximum absolute atomic E-state index is 12.7. The number of halogens is 1. The van der Waals surface area contributed by atoms with E-state index >= 15 is 0 Å². The molecule has 0 N–H and O–H groups in total. The molecule has 5 nitrogen and oxygen atoms in total. The number of ether oxygens (including phenoxy) is 1. The molecule has 0 atom stereocenters. The van der Waals surface area contributed by atoms with Crippen LogP contribution >= 0.6 is 11.6 Å². The summed E-state index contributed by atoms with van der Waals surface area (Å²) in [6.45, 7) is 6.49. The number of nitriles is 1. The molecule has 1 aromatic carbocycles. The summed E-state index contributed by atoms with van der Waals surface area (Å²) < 4.78 is 6.21. The molecule has 154 valence electrons. The van der Waals surface area contributed by atoms with Crippen molar-refractivity contribution in [2.75, 3.05) is 27.2 Å². The Labute approximate surface area is 178 Å². The van der Waals surface area contributed by atoms with Gasteiger partial charge in [0.2, 0.25) is 5.78 Å². The van der Waals surface area contributed by atoms with Crippen molar-refractivity contribution in [3.05, 3.63) is 45.6 Å². The summed E-state index contributed by atoms with van der Waals surface area (Å²) >= 11 is 6.48. The highest BCUT2D eigenvalue weighted by Crippen LogP contribution is 2.36. The fourth-order valence-corrected chi connectivity index (χ4v) is 4.07. The summed E-state index contributed by atoms with van der Waals surface area (Å²) in [6, 6.07) is 6.36. The first kappa shape index (κ1) is 21.4. The molecule has 1 fully saturated rings. The largest absolute Gasteiger partial charge is 0.489 e. The van der Waals surface area contributed by atoms with Gasteiger partial charge in [0.05, 0.1) is 5.02 Å². The second kappa shape index (κ2) is 9.02. The lowest BCUT2D eigenvalue weighted by Gasteiger charge is -2.34. The van der Waals surface area contributed by atoms with E-state index in [1.54, 1.807) is 25.2 Å². The smallest absolute Gasteiger partial charge is 0.201 e. The molecule has 1 heterocycles. The number of likely N-dealkylation sites (tertiary alicyclic amines) is 1. The van der Waals surface area contributed by atoms with Gasteiger partial charge in [-0.25, -0.2) is 0 Å². The number of carbonyl (C=O) groups is 1. The highest BCUT2D eigenvalue weighted by molar-refractivity contribution is 6.32. The molecule has 1 aliphatic heterocycles. The van der Waals surface area contributed by atoms with E-state index in [0.717, 1.165) is 37.1 Å². The molecule has 6 heteroatoms. The summed E-state index contributed by atoms with van der Waals surface area (Å²) in [7, 11) is 3.58. The predicted molar refractivity (Wildman–Crippen MR) is 116 cm³/mol. The molecule has 0 bridgehead atoms. The zero-order valence-electron chi connectivity index (χ0n) is 17.5. The van der Waals surface area contributed by atoms with Crippen LogP contribution in [0.15, 0.2) is 29.5 Å². The molecular formula is C23H28ClN3O2. The lowest BCUT2D eigenvalue weighted by molar-refractivity contribution is -0.111. The van der Waals surface area contributed by atoms with Crippen LogP contribution in [-0.2, 0) is 11.2 Å². The quantitative estimate of drug-likeness (QED) is 0.519. The number of hydrogen-bond donors (Lipinski definition) is 0. The first-order valence-corrected chi connectivity index (χ1v) is 10.4. The van der Waals surface area contributed by atoms with E-state index in [0.29, 0.717) is 28.8 Å². The number of piperidine rings is 1. The third kappa shape index (κ3) is 5.01. The van der Waals surface area contributed by atoms with Crippen molar-refractivity contribution in [3.8, 4) is 11.8 Å². The third-order valence-electron chi connectivity index (χ3n) is 5.45. The molecule has 1 aromatic rings. The van der Waals surface area contributed by atoms with Gasteiger partial charge in [-0.2, -0.15) is 5.26 Å². The number of benzene rings is 1. The van der Waals surface area contributed by atoms with Crippen molar-refractivity contribution in [2.45, 2.75) is 45.3 Å². The molecule has 0 spiro atoms. The predicted octanol–water partition coefficient (Wildman–Crippen LogP) is 4.07. The Morgan fingerprint density at radius 1 is 1.34 bits per heavy atom. The monoisotopic (exact) mass is 413 g/mol. The molecule has 0 aromatic heterocycles. The van der Waals surface area contributed by atoms with Crippen molar-refractivity contribution < 1.29 is 9.53 Å². The van der Waals surface area contributed by atoms with Gasteiger partial charge in [0.25, 0.3) is 0 Å². The molecule has 0 saturated carbocycles. The zero-order valence-corrected chi connectivity index (χ0v) is 18.3. The summed E-state index contributed by atoms with van der Waals surface area (Å²) in [6.07, 6.45) is 5.99. The molecule has 0 unspecified atom stereocenters. The Morgan fingerprint density at radius 2 is 2.03 bits per heavy atom. The fourth-order valence-electron chi connectivity index (χ4n) is 3.84. The minimum Gasteiger partial charge on any atom is -0.489 e. The Kier molecular flexibility index (Phi) is 6.66. The van der Waals surface area contributed by atoms with Crippen LogP contribution in [0.5, 0.6) is 5.75 Å². The van der Waals surface area contributed by atoms with Gasteiger partial charge in [-0.1, -0.05) is 11.6 Å². The number of nitrogens with zero attached hydrogens (tertiary/aromatic N) is 3. The van der Waals surface area contributed by atoms with Crippen molar-refractivity contribution in [2.24, 2.45) is 0 Å². The number of allylic oxidation sites excluding steroid dienone is 2. The lowest BCUT2D eigenvalue weighted by atomic mass is 10.0. The standard InChI is InChI=1S/C23H28ClN3O2/c1-15(2)27-7-5-20(6-8-27)29-22-12-17-10-18(9-16(17)11-21(22)24)23(28)19(13-25)14-26(3)4/h10-12,14-15,20H,5-9H2,1-4H3. The van der Waals surface area contributed by atoms with Gasteiger partial charge in [-0.05, 0) is 56.0 Å². The Bertz CT molecular complexity index is 888. The van der Waals surface area contributed by atoms with Gasteiger partial charge in [0, 0.05) is 51.4 Å². The molecule has 3 rings (SSSR count). The topological polar surface area (TPSA) is 56.6 Å². The molecule has 2 aliphatic rings. The van der Waals surface area contributed by atoms with Crippen LogP contribution in [0.3, 0.4) is 0 Å². The number of hydrogen-bond acceptors (Lipinski definition) is 5. The average molecular weight is 414 g/mol. The van der Waals surface area contributed by atoms with Crippen molar-refractivity contribution in [1.82, 2.24) is 9.80 Å². The van der Waals surface area contributed by atoms with Crippen LogP contribution in [0.25, 0.3) is 6.08 Å². The van der Waals surface area contributed by atoms with E-state index < -0.39 is 0 Å². The first-order chi connectivity index (χ1) is 13.8. The summed E-state index contributed by atoms with van der Waals surface area (Å²) in [5, 5.41) is 9.88. The van der Waals surface area contributed by atoms with E-state index in [1.165, 1.54) is 0 Å². The number of fused-ring (bicyclic) bond motifs is 1. The van der Waals surface area contributed by atoms with Gasteiger partial charge >= 0.3 is 0 Å².